The van der Waals surface area contributed by atoms with Crippen molar-refractivity contribution >= 4 is 23.0 Å². The van der Waals surface area contributed by atoms with Gasteiger partial charge in [-0.3, -0.25) is 5.43 Å². The minimum Gasteiger partial charge on any atom is -0.357 e. The number of rotatable bonds is 5. The van der Waals surface area contributed by atoms with Crippen molar-refractivity contribution in [3.05, 3.63) is 35.6 Å². The Bertz CT molecular complexity index is 441. The predicted octanol–water partition coefficient (Wildman–Crippen LogP) is 3.21. The Balaban J connectivity index is 2.41. The lowest BCUT2D eigenvalue weighted by molar-refractivity contribution is 0.626. The van der Waals surface area contributed by atoms with E-state index in [0.29, 0.717) is 17.6 Å². The highest BCUT2D eigenvalue weighted by Gasteiger charge is 2.02. The van der Waals surface area contributed by atoms with Crippen LogP contribution >= 0.6 is 12.2 Å². The zero-order valence-electron chi connectivity index (χ0n) is 11.5. The van der Waals surface area contributed by atoms with Gasteiger partial charge in [-0.1, -0.05) is 32.9 Å². The lowest BCUT2D eigenvalue weighted by Gasteiger charge is -2.10. The Morgan fingerprint density at radius 2 is 1.95 bits per heavy atom. The van der Waals surface area contributed by atoms with Crippen molar-refractivity contribution in [2.75, 3.05) is 0 Å². The molecule has 19 heavy (non-hydrogen) atoms. The topological polar surface area (TPSA) is 36.4 Å². The summed E-state index contributed by atoms with van der Waals surface area (Å²) in [5.74, 6) is 0.163. The van der Waals surface area contributed by atoms with Crippen molar-refractivity contribution in [3.63, 3.8) is 0 Å². The Hall–Kier alpha value is -1.49. The first-order valence-electron chi connectivity index (χ1n) is 6.37. The third-order valence-corrected chi connectivity index (χ3v) is 2.93. The molecule has 0 bridgehead atoms. The number of nitrogens with zero attached hydrogens (tertiary/aromatic N) is 1. The second kappa shape index (κ2) is 7.84. The van der Waals surface area contributed by atoms with E-state index in [9.17, 15) is 4.39 Å². The van der Waals surface area contributed by atoms with Crippen molar-refractivity contribution in [2.24, 2.45) is 11.0 Å². The van der Waals surface area contributed by atoms with Crippen molar-refractivity contribution in [1.82, 2.24) is 10.7 Å². The fourth-order valence-corrected chi connectivity index (χ4v) is 1.68. The van der Waals surface area contributed by atoms with Crippen molar-refractivity contribution < 1.29 is 4.39 Å². The van der Waals surface area contributed by atoms with Gasteiger partial charge in [0.25, 0.3) is 0 Å². The molecule has 1 rings (SSSR count). The van der Waals surface area contributed by atoms with E-state index in [-0.39, 0.29) is 5.82 Å². The largest absolute Gasteiger partial charge is 0.357 e. The second-order valence-electron chi connectivity index (χ2n) is 4.53. The van der Waals surface area contributed by atoms with E-state index in [1.807, 2.05) is 0 Å². The summed E-state index contributed by atoms with van der Waals surface area (Å²) >= 11 is 5.13. The molecule has 0 unspecified atom stereocenters. The van der Waals surface area contributed by atoms with Gasteiger partial charge in [0.1, 0.15) is 5.82 Å². The van der Waals surface area contributed by atoms with Crippen LogP contribution in [0.25, 0.3) is 0 Å². The molecule has 0 saturated carbocycles. The quantitative estimate of drug-likeness (QED) is 0.494. The summed E-state index contributed by atoms with van der Waals surface area (Å²) in [6.07, 6.45) is 0.894. The van der Waals surface area contributed by atoms with Gasteiger partial charge in [-0.2, -0.15) is 5.10 Å². The summed E-state index contributed by atoms with van der Waals surface area (Å²) in [7, 11) is 0. The van der Waals surface area contributed by atoms with Crippen LogP contribution < -0.4 is 10.7 Å². The maximum atomic E-state index is 12.7. The summed E-state index contributed by atoms with van der Waals surface area (Å²) < 4.78 is 12.7. The van der Waals surface area contributed by atoms with Gasteiger partial charge in [-0.05, 0) is 42.3 Å². The van der Waals surface area contributed by atoms with Gasteiger partial charge in [-0.15, -0.1) is 0 Å². The van der Waals surface area contributed by atoms with E-state index in [0.717, 1.165) is 17.7 Å². The van der Waals surface area contributed by atoms with Crippen LogP contribution in [0, 0.1) is 11.7 Å². The number of benzene rings is 1. The van der Waals surface area contributed by atoms with E-state index < -0.39 is 0 Å². The first-order chi connectivity index (χ1) is 9.02. The van der Waals surface area contributed by atoms with Crippen LogP contribution in [-0.4, -0.2) is 10.8 Å². The molecule has 2 N–H and O–H groups in total. The number of hydrazone groups is 1. The SMILES string of the molecule is CC/C(=N/NC(=S)NCc1ccc(F)cc1)C(C)C. The first kappa shape index (κ1) is 15.6. The van der Waals surface area contributed by atoms with Gasteiger partial charge in [0.15, 0.2) is 5.11 Å². The highest BCUT2D eigenvalue weighted by Crippen LogP contribution is 2.02. The zero-order valence-corrected chi connectivity index (χ0v) is 12.4. The summed E-state index contributed by atoms with van der Waals surface area (Å²) in [6.45, 7) is 6.80. The Labute approximate surface area is 119 Å². The lowest BCUT2D eigenvalue weighted by Crippen LogP contribution is -2.32. The zero-order chi connectivity index (χ0) is 14.3. The third kappa shape index (κ3) is 5.79. The fourth-order valence-electron chi connectivity index (χ4n) is 1.56. The molecule has 0 amide bonds. The normalized spacial score (nSPS) is 11.5. The summed E-state index contributed by atoms with van der Waals surface area (Å²) in [5, 5.41) is 7.77. The molecule has 0 aromatic heterocycles. The Morgan fingerprint density at radius 3 is 2.47 bits per heavy atom. The van der Waals surface area contributed by atoms with Gasteiger partial charge in [-0.25, -0.2) is 4.39 Å². The molecule has 0 saturated heterocycles. The monoisotopic (exact) mass is 281 g/mol. The number of halogens is 1. The molecule has 0 atom stereocenters. The Morgan fingerprint density at radius 1 is 1.32 bits per heavy atom. The number of nitrogens with one attached hydrogen (secondary N) is 2. The average molecular weight is 281 g/mol. The Kier molecular flexibility index (Phi) is 6.42. The van der Waals surface area contributed by atoms with Crippen LogP contribution in [0.5, 0.6) is 0 Å². The van der Waals surface area contributed by atoms with E-state index in [4.69, 9.17) is 12.2 Å². The van der Waals surface area contributed by atoms with Gasteiger partial charge in [0.2, 0.25) is 0 Å². The second-order valence-corrected chi connectivity index (χ2v) is 4.94. The predicted molar refractivity (Wildman–Crippen MR) is 81.5 cm³/mol. The number of hydrogen-bond acceptors (Lipinski definition) is 2. The van der Waals surface area contributed by atoms with Crippen LogP contribution in [0.15, 0.2) is 29.4 Å². The van der Waals surface area contributed by atoms with Crippen molar-refractivity contribution in [3.8, 4) is 0 Å². The molecule has 0 aliphatic carbocycles. The standard InChI is InChI=1S/C14H20FN3S/c1-4-13(10(2)3)17-18-14(19)16-9-11-5-7-12(15)8-6-11/h5-8,10H,4,9H2,1-3H3,(H2,16,18,19)/b17-13-. The smallest absolute Gasteiger partial charge is 0.187 e. The van der Waals surface area contributed by atoms with E-state index in [1.165, 1.54) is 12.1 Å². The molecule has 0 heterocycles. The molecule has 1 aromatic rings. The molecule has 0 aliphatic heterocycles. The number of hydrogen-bond donors (Lipinski definition) is 2. The molecule has 0 fully saturated rings. The van der Waals surface area contributed by atoms with Crippen molar-refractivity contribution in [2.45, 2.75) is 33.7 Å². The maximum Gasteiger partial charge on any atom is 0.187 e. The van der Waals surface area contributed by atoms with Crippen LogP contribution in [0.3, 0.4) is 0 Å². The van der Waals surface area contributed by atoms with Crippen LogP contribution in [0.4, 0.5) is 4.39 Å². The average Bonchev–Trinajstić information content (AvgIpc) is 2.38. The summed E-state index contributed by atoms with van der Waals surface area (Å²) in [4.78, 5) is 0. The van der Waals surface area contributed by atoms with Crippen LogP contribution in [0.2, 0.25) is 0 Å². The summed E-state index contributed by atoms with van der Waals surface area (Å²) in [6, 6.07) is 6.30. The van der Waals surface area contributed by atoms with E-state index >= 15 is 0 Å². The third-order valence-electron chi connectivity index (χ3n) is 2.70. The molecular weight excluding hydrogens is 261 g/mol. The van der Waals surface area contributed by atoms with Gasteiger partial charge < -0.3 is 5.32 Å². The molecule has 0 radical (unpaired) electrons. The van der Waals surface area contributed by atoms with E-state index in [2.05, 4.69) is 36.6 Å². The molecule has 5 heteroatoms. The van der Waals surface area contributed by atoms with E-state index in [1.54, 1.807) is 12.1 Å². The van der Waals surface area contributed by atoms with Gasteiger partial charge in [0, 0.05) is 12.3 Å². The minimum absolute atomic E-state index is 0.237. The molecular formula is C14H20FN3S. The van der Waals surface area contributed by atoms with Crippen LogP contribution in [0.1, 0.15) is 32.8 Å². The van der Waals surface area contributed by atoms with Gasteiger partial charge in [0.05, 0.1) is 0 Å². The van der Waals surface area contributed by atoms with Crippen LogP contribution in [-0.2, 0) is 6.54 Å². The fraction of sp³-hybridized carbons (Fsp3) is 0.429. The molecule has 1 aromatic carbocycles. The highest BCUT2D eigenvalue weighted by molar-refractivity contribution is 7.80. The maximum absolute atomic E-state index is 12.7. The number of thiocarbonyl (C=S) groups is 1. The first-order valence-corrected chi connectivity index (χ1v) is 6.78. The highest BCUT2D eigenvalue weighted by atomic mass is 32.1. The van der Waals surface area contributed by atoms with Crippen molar-refractivity contribution in [1.29, 1.82) is 0 Å². The molecule has 0 aliphatic rings. The summed E-state index contributed by atoms with van der Waals surface area (Å²) in [5.41, 5.74) is 4.87. The molecule has 0 spiro atoms. The molecule has 3 nitrogen and oxygen atoms in total. The lowest BCUT2D eigenvalue weighted by atomic mass is 10.1. The minimum atomic E-state index is -0.237. The molecule has 104 valence electrons. The van der Waals surface area contributed by atoms with Gasteiger partial charge >= 0.3 is 0 Å².